The van der Waals surface area contributed by atoms with Gasteiger partial charge in [0.05, 0.1) is 17.4 Å². The number of carbonyl (C=O) groups is 2. The van der Waals surface area contributed by atoms with Gasteiger partial charge in [-0.15, -0.1) is 0 Å². The summed E-state index contributed by atoms with van der Waals surface area (Å²) in [6, 6.07) is 0. The SMILES string of the molecule is CCOC(=O)NCC1(C(=O)CBr)CCOCC1. The molecule has 1 heterocycles. The average molecular weight is 308 g/mol. The minimum Gasteiger partial charge on any atom is -0.450 e. The lowest BCUT2D eigenvalue weighted by Crippen LogP contribution is -2.47. The molecule has 17 heavy (non-hydrogen) atoms. The zero-order chi connectivity index (χ0) is 12.7. The van der Waals surface area contributed by atoms with E-state index in [0.717, 1.165) is 0 Å². The summed E-state index contributed by atoms with van der Waals surface area (Å²) in [5.74, 6) is 0.109. The van der Waals surface area contributed by atoms with E-state index in [2.05, 4.69) is 21.2 Å². The van der Waals surface area contributed by atoms with E-state index >= 15 is 0 Å². The van der Waals surface area contributed by atoms with Crippen LogP contribution in [-0.2, 0) is 14.3 Å². The minimum absolute atomic E-state index is 0.109. The molecule has 5 nitrogen and oxygen atoms in total. The maximum Gasteiger partial charge on any atom is 0.407 e. The van der Waals surface area contributed by atoms with Crippen LogP contribution in [0.15, 0.2) is 0 Å². The third-order valence-electron chi connectivity index (χ3n) is 3.01. The van der Waals surface area contributed by atoms with Crippen molar-refractivity contribution < 1.29 is 19.1 Å². The molecule has 0 atom stereocenters. The number of halogens is 1. The van der Waals surface area contributed by atoms with E-state index in [1.54, 1.807) is 6.92 Å². The second-order valence-electron chi connectivity index (χ2n) is 4.02. The van der Waals surface area contributed by atoms with Gasteiger partial charge in [-0.1, -0.05) is 15.9 Å². The van der Waals surface area contributed by atoms with E-state index < -0.39 is 11.5 Å². The summed E-state index contributed by atoms with van der Waals surface area (Å²) in [5.41, 5.74) is -0.505. The Bertz CT molecular complexity index is 277. The van der Waals surface area contributed by atoms with Crippen molar-refractivity contribution in [1.29, 1.82) is 0 Å². The van der Waals surface area contributed by atoms with Gasteiger partial charge in [0.2, 0.25) is 0 Å². The van der Waals surface area contributed by atoms with E-state index in [1.807, 2.05) is 0 Å². The van der Waals surface area contributed by atoms with Gasteiger partial charge in [0.1, 0.15) is 0 Å². The van der Waals surface area contributed by atoms with Crippen LogP contribution < -0.4 is 5.32 Å². The number of nitrogens with one attached hydrogen (secondary N) is 1. The molecule has 1 saturated heterocycles. The van der Waals surface area contributed by atoms with Gasteiger partial charge >= 0.3 is 6.09 Å². The number of hydrogen-bond acceptors (Lipinski definition) is 4. The van der Waals surface area contributed by atoms with Crippen LogP contribution in [0, 0.1) is 5.41 Å². The van der Waals surface area contributed by atoms with E-state index in [1.165, 1.54) is 0 Å². The van der Waals surface area contributed by atoms with Crippen molar-refractivity contribution >= 4 is 27.8 Å². The van der Waals surface area contributed by atoms with E-state index in [-0.39, 0.29) is 5.78 Å². The van der Waals surface area contributed by atoms with Gasteiger partial charge < -0.3 is 14.8 Å². The molecule has 1 aliphatic rings. The molecule has 1 rings (SSSR count). The van der Waals surface area contributed by atoms with Crippen LogP contribution in [0.5, 0.6) is 0 Å². The summed E-state index contributed by atoms with van der Waals surface area (Å²) < 4.78 is 10.0. The summed E-state index contributed by atoms with van der Waals surface area (Å²) in [5, 5.41) is 2.95. The Morgan fingerprint density at radius 3 is 2.59 bits per heavy atom. The lowest BCUT2D eigenvalue weighted by atomic mass is 9.77. The van der Waals surface area contributed by atoms with Crippen molar-refractivity contribution in [3.05, 3.63) is 0 Å². The van der Waals surface area contributed by atoms with Crippen LogP contribution in [-0.4, -0.2) is 43.6 Å². The molecule has 0 saturated carbocycles. The van der Waals surface area contributed by atoms with Crippen molar-refractivity contribution in [3.8, 4) is 0 Å². The van der Waals surface area contributed by atoms with Gasteiger partial charge in [-0.05, 0) is 19.8 Å². The quantitative estimate of drug-likeness (QED) is 0.782. The highest BCUT2D eigenvalue weighted by molar-refractivity contribution is 9.09. The molecule has 0 aromatic heterocycles. The van der Waals surface area contributed by atoms with Crippen LogP contribution in [0.2, 0.25) is 0 Å². The van der Waals surface area contributed by atoms with Crippen LogP contribution in [0.4, 0.5) is 4.79 Å². The number of amides is 1. The van der Waals surface area contributed by atoms with Gasteiger partial charge in [-0.2, -0.15) is 0 Å². The monoisotopic (exact) mass is 307 g/mol. The van der Waals surface area contributed by atoms with Crippen molar-refractivity contribution in [3.63, 3.8) is 0 Å². The van der Waals surface area contributed by atoms with Gasteiger partial charge in [0, 0.05) is 19.8 Å². The standard InChI is InChI=1S/C11H18BrNO4/c1-2-17-10(15)13-8-11(9(14)7-12)3-5-16-6-4-11/h2-8H2,1H3,(H,13,15). The van der Waals surface area contributed by atoms with E-state index in [9.17, 15) is 9.59 Å². The number of ether oxygens (including phenoxy) is 2. The third-order valence-corrected chi connectivity index (χ3v) is 3.52. The average Bonchev–Trinajstić information content (AvgIpc) is 2.37. The highest BCUT2D eigenvalue weighted by Gasteiger charge is 2.39. The molecule has 98 valence electrons. The first-order valence-corrected chi connectivity index (χ1v) is 6.84. The largest absolute Gasteiger partial charge is 0.450 e. The number of rotatable bonds is 5. The molecule has 1 N–H and O–H groups in total. The molecule has 1 amide bonds. The van der Waals surface area contributed by atoms with Gasteiger partial charge in [0.15, 0.2) is 5.78 Å². The van der Waals surface area contributed by atoms with Crippen molar-refractivity contribution in [1.82, 2.24) is 5.32 Å². The van der Waals surface area contributed by atoms with Gasteiger partial charge in [-0.3, -0.25) is 4.79 Å². The molecule has 0 bridgehead atoms. The molecule has 0 unspecified atom stereocenters. The van der Waals surface area contributed by atoms with Crippen molar-refractivity contribution in [2.45, 2.75) is 19.8 Å². The Morgan fingerprint density at radius 1 is 1.41 bits per heavy atom. The molecule has 1 aliphatic heterocycles. The normalized spacial score (nSPS) is 18.5. The molecule has 0 aliphatic carbocycles. The molecule has 0 radical (unpaired) electrons. The number of alkyl carbamates (subject to hydrolysis) is 1. The molecule has 0 aromatic carbocycles. The molecule has 0 aromatic rings. The first-order valence-electron chi connectivity index (χ1n) is 5.72. The zero-order valence-corrected chi connectivity index (χ0v) is 11.5. The number of Topliss-reactive ketones (excluding diaryl/α,β-unsaturated/α-hetero) is 1. The van der Waals surface area contributed by atoms with Crippen LogP contribution >= 0.6 is 15.9 Å². The highest BCUT2D eigenvalue weighted by atomic mass is 79.9. The second-order valence-corrected chi connectivity index (χ2v) is 4.58. The molecule has 0 spiro atoms. The number of alkyl halides is 1. The highest BCUT2D eigenvalue weighted by Crippen LogP contribution is 2.31. The second kappa shape index (κ2) is 6.96. The predicted molar refractivity (Wildman–Crippen MR) is 66.3 cm³/mol. The molecule has 6 heteroatoms. The first-order chi connectivity index (χ1) is 8.14. The Hall–Kier alpha value is -0.620. The summed E-state index contributed by atoms with van der Waals surface area (Å²) >= 11 is 3.19. The van der Waals surface area contributed by atoms with Crippen LogP contribution in [0.3, 0.4) is 0 Å². The smallest absolute Gasteiger partial charge is 0.407 e. The summed E-state index contributed by atoms with van der Waals surface area (Å²) in [7, 11) is 0. The summed E-state index contributed by atoms with van der Waals surface area (Å²) in [6.07, 6.45) is 0.814. The number of ketones is 1. The van der Waals surface area contributed by atoms with Gasteiger partial charge in [0.25, 0.3) is 0 Å². The van der Waals surface area contributed by atoms with E-state index in [0.29, 0.717) is 44.5 Å². The molecular weight excluding hydrogens is 290 g/mol. The first kappa shape index (κ1) is 14.4. The predicted octanol–water partition coefficient (Wildman–Crippen LogP) is 1.49. The third kappa shape index (κ3) is 3.96. The Balaban J connectivity index is 2.57. The fourth-order valence-electron chi connectivity index (χ4n) is 1.88. The van der Waals surface area contributed by atoms with Crippen LogP contribution in [0.25, 0.3) is 0 Å². The van der Waals surface area contributed by atoms with Gasteiger partial charge in [-0.25, -0.2) is 4.79 Å². The fraction of sp³-hybridized carbons (Fsp3) is 0.818. The maximum absolute atomic E-state index is 12.0. The Morgan fingerprint density at radius 2 is 2.06 bits per heavy atom. The lowest BCUT2D eigenvalue weighted by molar-refractivity contribution is -0.131. The van der Waals surface area contributed by atoms with Crippen LogP contribution in [0.1, 0.15) is 19.8 Å². The Kier molecular flexibility index (Phi) is 5.91. The molecular formula is C11H18BrNO4. The minimum atomic E-state index is -0.505. The lowest BCUT2D eigenvalue weighted by Gasteiger charge is -2.35. The molecule has 1 fully saturated rings. The number of carbonyl (C=O) groups excluding carboxylic acids is 2. The number of hydrogen-bond donors (Lipinski definition) is 1. The fourth-order valence-corrected chi connectivity index (χ4v) is 2.48. The Labute approximate surface area is 109 Å². The zero-order valence-electron chi connectivity index (χ0n) is 9.96. The summed E-state index contributed by atoms with van der Waals surface area (Å²) in [6.45, 7) is 3.51. The maximum atomic E-state index is 12.0. The van der Waals surface area contributed by atoms with Crippen molar-refractivity contribution in [2.24, 2.45) is 5.41 Å². The van der Waals surface area contributed by atoms with Crippen molar-refractivity contribution in [2.75, 3.05) is 31.7 Å². The van der Waals surface area contributed by atoms with E-state index in [4.69, 9.17) is 9.47 Å². The summed E-state index contributed by atoms with van der Waals surface area (Å²) in [4.78, 5) is 23.2. The topological polar surface area (TPSA) is 64.6 Å².